The van der Waals surface area contributed by atoms with Gasteiger partial charge in [-0.25, -0.2) is 4.98 Å². The number of unbranched alkanes of at least 4 members (excludes halogenated alkanes) is 3. The lowest BCUT2D eigenvalue weighted by atomic mass is 10.1. The first-order valence-electron chi connectivity index (χ1n) is 13.1. The Morgan fingerprint density at radius 2 is 1.61 bits per heavy atom. The Labute approximate surface area is 214 Å². The van der Waals surface area contributed by atoms with E-state index < -0.39 is 0 Å². The molecule has 1 heterocycles. The van der Waals surface area contributed by atoms with Crippen LogP contribution in [0, 0.1) is 13.8 Å². The molecule has 4 aromatic rings. The molecule has 0 saturated carbocycles. The smallest absolute Gasteiger partial charge is 0.251 e. The summed E-state index contributed by atoms with van der Waals surface area (Å²) in [6.07, 6.45) is 6.07. The average molecular weight is 484 g/mol. The zero-order chi connectivity index (χ0) is 25.2. The molecule has 0 unspecified atom stereocenters. The summed E-state index contributed by atoms with van der Waals surface area (Å²) in [6, 6.07) is 24.1. The zero-order valence-corrected chi connectivity index (χ0v) is 21.5. The molecule has 4 rings (SSSR count). The molecule has 0 bridgehead atoms. The third-order valence-electron chi connectivity index (χ3n) is 6.37. The van der Waals surface area contributed by atoms with Crippen molar-refractivity contribution in [3.05, 3.63) is 95.3 Å². The van der Waals surface area contributed by atoms with Gasteiger partial charge >= 0.3 is 0 Å². The minimum absolute atomic E-state index is 0.00101. The second-order valence-electron chi connectivity index (χ2n) is 9.48. The van der Waals surface area contributed by atoms with Crippen molar-refractivity contribution in [3.63, 3.8) is 0 Å². The number of carbonyl (C=O) groups excluding carboxylic acids is 1. The first-order chi connectivity index (χ1) is 17.6. The quantitative estimate of drug-likeness (QED) is 0.217. The standard InChI is InChI=1S/C31H37N3O2/c1-24-21-25(2)23-27(22-24)36-20-12-11-19-34-29-16-9-8-15-28(29)33-30(34)17-7-4-10-18-32-31(35)26-13-5-3-6-14-26/h3,5-6,8-9,13-16,21-23H,4,7,10-12,17-20H2,1-2H3,(H,32,35). The van der Waals surface area contributed by atoms with E-state index in [0.717, 1.165) is 68.8 Å². The number of carbonyl (C=O) groups is 1. The maximum Gasteiger partial charge on any atom is 0.251 e. The summed E-state index contributed by atoms with van der Waals surface area (Å²) >= 11 is 0. The molecule has 0 fully saturated rings. The Kier molecular flexibility index (Phi) is 9.15. The largest absolute Gasteiger partial charge is 0.494 e. The van der Waals surface area contributed by atoms with Crippen LogP contribution in [0.1, 0.15) is 59.4 Å². The van der Waals surface area contributed by atoms with E-state index in [1.807, 2.05) is 30.3 Å². The van der Waals surface area contributed by atoms with Crippen molar-refractivity contribution in [2.24, 2.45) is 0 Å². The van der Waals surface area contributed by atoms with Gasteiger partial charge in [0.25, 0.3) is 5.91 Å². The van der Waals surface area contributed by atoms with Gasteiger partial charge in [-0.1, -0.05) is 42.8 Å². The van der Waals surface area contributed by atoms with E-state index >= 15 is 0 Å². The van der Waals surface area contributed by atoms with Crippen molar-refractivity contribution in [1.29, 1.82) is 0 Å². The van der Waals surface area contributed by atoms with E-state index in [0.29, 0.717) is 12.1 Å². The summed E-state index contributed by atoms with van der Waals surface area (Å²) in [5.41, 5.74) is 5.45. The summed E-state index contributed by atoms with van der Waals surface area (Å²) < 4.78 is 8.38. The molecule has 0 atom stereocenters. The summed E-state index contributed by atoms with van der Waals surface area (Å²) in [5.74, 6) is 2.11. The Bertz CT molecular complexity index is 1240. The summed E-state index contributed by atoms with van der Waals surface area (Å²) in [7, 11) is 0. The van der Waals surface area contributed by atoms with Gasteiger partial charge in [0.2, 0.25) is 0 Å². The van der Waals surface area contributed by atoms with Gasteiger partial charge in [-0.05, 0) is 87.1 Å². The molecule has 1 aromatic heterocycles. The molecule has 3 aromatic carbocycles. The number of rotatable bonds is 13. The van der Waals surface area contributed by atoms with Gasteiger partial charge in [-0.2, -0.15) is 0 Å². The van der Waals surface area contributed by atoms with Crippen molar-refractivity contribution in [2.45, 2.75) is 58.9 Å². The molecule has 1 N–H and O–H groups in total. The van der Waals surface area contributed by atoms with Crippen LogP contribution in [-0.2, 0) is 13.0 Å². The number of nitrogens with zero attached hydrogens (tertiary/aromatic N) is 2. The van der Waals surface area contributed by atoms with Gasteiger partial charge in [0, 0.05) is 25.1 Å². The predicted octanol–water partition coefficient (Wildman–Crippen LogP) is 6.66. The maximum atomic E-state index is 12.2. The van der Waals surface area contributed by atoms with E-state index in [2.05, 4.69) is 66.2 Å². The molecule has 0 saturated heterocycles. The highest BCUT2D eigenvalue weighted by Crippen LogP contribution is 2.20. The van der Waals surface area contributed by atoms with Crippen LogP contribution in [0.15, 0.2) is 72.8 Å². The third kappa shape index (κ3) is 7.20. The Balaban J connectivity index is 1.22. The summed E-state index contributed by atoms with van der Waals surface area (Å²) in [6.45, 7) is 6.57. The van der Waals surface area contributed by atoms with Crippen LogP contribution >= 0.6 is 0 Å². The second kappa shape index (κ2) is 12.9. The maximum absolute atomic E-state index is 12.2. The minimum Gasteiger partial charge on any atom is -0.494 e. The fourth-order valence-electron chi connectivity index (χ4n) is 4.62. The molecule has 36 heavy (non-hydrogen) atoms. The van der Waals surface area contributed by atoms with E-state index in [1.54, 1.807) is 0 Å². The highest BCUT2D eigenvalue weighted by atomic mass is 16.5. The molecule has 0 aliphatic heterocycles. The van der Waals surface area contributed by atoms with Gasteiger partial charge < -0.3 is 14.6 Å². The summed E-state index contributed by atoms with van der Waals surface area (Å²) in [5, 5.41) is 3.02. The van der Waals surface area contributed by atoms with Gasteiger partial charge in [0.05, 0.1) is 17.6 Å². The first kappa shape index (κ1) is 25.5. The van der Waals surface area contributed by atoms with Crippen molar-refractivity contribution in [2.75, 3.05) is 13.2 Å². The highest BCUT2D eigenvalue weighted by molar-refractivity contribution is 5.94. The molecule has 0 aliphatic rings. The molecular weight excluding hydrogens is 446 g/mol. The van der Waals surface area contributed by atoms with Crippen LogP contribution in [0.5, 0.6) is 5.75 Å². The number of ether oxygens (including phenoxy) is 1. The number of nitrogens with one attached hydrogen (secondary N) is 1. The molecule has 5 nitrogen and oxygen atoms in total. The van der Waals surface area contributed by atoms with Crippen LogP contribution in [0.25, 0.3) is 11.0 Å². The topological polar surface area (TPSA) is 56.1 Å². The lowest BCUT2D eigenvalue weighted by Gasteiger charge is -2.11. The van der Waals surface area contributed by atoms with E-state index in [4.69, 9.17) is 9.72 Å². The average Bonchev–Trinajstić information content (AvgIpc) is 3.23. The van der Waals surface area contributed by atoms with Crippen molar-refractivity contribution in [1.82, 2.24) is 14.9 Å². The number of para-hydroxylation sites is 2. The molecule has 0 radical (unpaired) electrons. The fourth-order valence-corrected chi connectivity index (χ4v) is 4.62. The molecule has 0 spiro atoms. The molecule has 5 heteroatoms. The van der Waals surface area contributed by atoms with E-state index in [1.165, 1.54) is 16.6 Å². The third-order valence-corrected chi connectivity index (χ3v) is 6.37. The molecule has 0 aliphatic carbocycles. The molecular formula is C31H37N3O2. The number of amides is 1. The number of hydrogen-bond acceptors (Lipinski definition) is 3. The monoisotopic (exact) mass is 483 g/mol. The van der Waals surface area contributed by atoms with Crippen LogP contribution in [0.4, 0.5) is 0 Å². The van der Waals surface area contributed by atoms with Crippen LogP contribution < -0.4 is 10.1 Å². The van der Waals surface area contributed by atoms with Gasteiger partial charge in [0.1, 0.15) is 11.6 Å². The number of imidazole rings is 1. The Hall–Kier alpha value is -3.60. The van der Waals surface area contributed by atoms with Crippen LogP contribution in [0.2, 0.25) is 0 Å². The van der Waals surface area contributed by atoms with Crippen molar-refractivity contribution in [3.8, 4) is 5.75 Å². The Morgan fingerprint density at radius 1 is 0.861 bits per heavy atom. The normalized spacial score (nSPS) is 11.1. The molecule has 188 valence electrons. The van der Waals surface area contributed by atoms with Crippen LogP contribution in [-0.4, -0.2) is 28.6 Å². The first-order valence-corrected chi connectivity index (χ1v) is 13.1. The van der Waals surface area contributed by atoms with Gasteiger partial charge in [0.15, 0.2) is 0 Å². The fraction of sp³-hybridized carbons (Fsp3) is 0.355. The lowest BCUT2D eigenvalue weighted by Crippen LogP contribution is -2.24. The van der Waals surface area contributed by atoms with Crippen LogP contribution in [0.3, 0.4) is 0 Å². The molecule has 1 amide bonds. The van der Waals surface area contributed by atoms with Crippen molar-refractivity contribution < 1.29 is 9.53 Å². The Morgan fingerprint density at radius 3 is 2.42 bits per heavy atom. The van der Waals surface area contributed by atoms with Gasteiger partial charge in [-0.3, -0.25) is 4.79 Å². The van der Waals surface area contributed by atoms with E-state index in [9.17, 15) is 4.79 Å². The van der Waals surface area contributed by atoms with E-state index in [-0.39, 0.29) is 5.91 Å². The SMILES string of the molecule is Cc1cc(C)cc(OCCCCn2c(CCCCCNC(=O)c3ccccc3)nc3ccccc32)c1. The van der Waals surface area contributed by atoms with Crippen molar-refractivity contribution >= 4 is 16.9 Å². The summed E-state index contributed by atoms with van der Waals surface area (Å²) in [4.78, 5) is 17.1. The van der Waals surface area contributed by atoms with Gasteiger partial charge in [-0.15, -0.1) is 0 Å². The number of hydrogen-bond donors (Lipinski definition) is 1. The number of aromatic nitrogens is 2. The zero-order valence-electron chi connectivity index (χ0n) is 21.5. The highest BCUT2D eigenvalue weighted by Gasteiger charge is 2.10. The lowest BCUT2D eigenvalue weighted by molar-refractivity contribution is 0.0953. The predicted molar refractivity (Wildman–Crippen MR) is 147 cm³/mol. The number of benzene rings is 3. The number of fused-ring (bicyclic) bond motifs is 1. The minimum atomic E-state index is -0.00101. The number of aryl methyl sites for hydroxylation is 4. The second-order valence-corrected chi connectivity index (χ2v) is 9.48.